The van der Waals surface area contributed by atoms with E-state index in [0.717, 1.165) is 17.8 Å². The zero-order valence-electron chi connectivity index (χ0n) is 16.8. The first-order chi connectivity index (χ1) is 14.9. The van der Waals surface area contributed by atoms with Crippen molar-refractivity contribution in [1.29, 1.82) is 0 Å². The number of carbonyl (C=O) groups excluding carboxylic acids is 1. The number of unbranched alkanes of at least 4 members (excludes halogenated alkanes) is 1. The number of aromatic nitrogens is 6. The van der Waals surface area contributed by atoms with Crippen LogP contribution in [0.5, 0.6) is 0 Å². The van der Waals surface area contributed by atoms with Crippen LogP contribution in [0.4, 0.5) is 0 Å². The summed E-state index contributed by atoms with van der Waals surface area (Å²) in [6, 6.07) is 0. The molecule has 0 spiro atoms. The molecule has 4 aromatic rings. The molecule has 0 aromatic carbocycles. The van der Waals surface area contributed by atoms with Gasteiger partial charge in [0.15, 0.2) is 21.3 Å². The number of imidazole rings is 2. The number of thiazole rings is 1. The Labute approximate surface area is 184 Å². The number of aromatic amines is 1. The summed E-state index contributed by atoms with van der Waals surface area (Å²) in [5.74, 6) is -0.258. The summed E-state index contributed by atoms with van der Waals surface area (Å²) >= 11 is 7.54. The van der Waals surface area contributed by atoms with Crippen LogP contribution in [0.15, 0.2) is 27.2 Å². The zero-order valence-corrected chi connectivity index (χ0v) is 18.4. The predicted octanol–water partition coefficient (Wildman–Crippen LogP) is 2.34. The summed E-state index contributed by atoms with van der Waals surface area (Å²) in [6.45, 7) is 2.28. The number of nitrogens with zero attached hydrogens (tertiary/aromatic N) is 5. The Bertz CT molecular complexity index is 1420. The van der Waals surface area contributed by atoms with Crippen molar-refractivity contribution in [1.82, 2.24) is 28.5 Å². The smallest absolute Gasteiger partial charge is 0.331 e. The molecule has 10 nitrogen and oxygen atoms in total. The predicted molar refractivity (Wildman–Crippen MR) is 117 cm³/mol. The molecule has 0 aliphatic heterocycles. The minimum atomic E-state index is -0.606. The number of hydrogen-bond acceptors (Lipinski definition) is 7. The maximum absolute atomic E-state index is 12.3. The molecule has 12 heteroatoms. The zero-order chi connectivity index (χ0) is 22.1. The number of esters is 1. The highest BCUT2D eigenvalue weighted by atomic mass is 35.5. The number of H-pyrrole nitrogens is 1. The quantitative estimate of drug-likeness (QED) is 0.333. The van der Waals surface area contributed by atoms with E-state index >= 15 is 0 Å². The van der Waals surface area contributed by atoms with Crippen molar-refractivity contribution in [2.75, 3.05) is 0 Å². The summed E-state index contributed by atoms with van der Waals surface area (Å²) in [5, 5.41) is 2.15. The van der Waals surface area contributed by atoms with Crippen LogP contribution in [-0.4, -0.2) is 34.5 Å². The van der Waals surface area contributed by atoms with Crippen LogP contribution in [0.25, 0.3) is 22.2 Å². The largest absolute Gasteiger partial charge is 0.454 e. The average molecular weight is 463 g/mol. The second-order valence-electron chi connectivity index (χ2n) is 6.81. The number of halogens is 1. The molecule has 0 fully saturated rings. The molecule has 162 valence electrons. The first-order valence-corrected chi connectivity index (χ1v) is 10.8. The van der Waals surface area contributed by atoms with Crippen molar-refractivity contribution in [3.05, 3.63) is 55.2 Å². The molecule has 0 saturated carbocycles. The van der Waals surface area contributed by atoms with Crippen LogP contribution in [0.2, 0.25) is 5.15 Å². The van der Waals surface area contributed by atoms with Gasteiger partial charge in [0, 0.05) is 31.2 Å². The van der Waals surface area contributed by atoms with E-state index < -0.39 is 17.2 Å². The highest BCUT2D eigenvalue weighted by molar-refractivity contribution is 7.15. The fourth-order valence-electron chi connectivity index (χ4n) is 3.20. The van der Waals surface area contributed by atoms with Crippen LogP contribution in [0, 0.1) is 0 Å². The number of ether oxygens (including phenoxy) is 1. The molecular weight excluding hydrogens is 444 g/mol. The van der Waals surface area contributed by atoms with E-state index in [0.29, 0.717) is 18.1 Å². The molecule has 0 bridgehead atoms. The summed E-state index contributed by atoms with van der Waals surface area (Å²) in [7, 11) is 1.64. The van der Waals surface area contributed by atoms with Crippen molar-refractivity contribution < 1.29 is 9.53 Å². The van der Waals surface area contributed by atoms with E-state index in [1.807, 2.05) is 12.3 Å². The Morgan fingerprint density at radius 3 is 2.94 bits per heavy atom. The van der Waals surface area contributed by atoms with Gasteiger partial charge in [0.1, 0.15) is 12.4 Å². The van der Waals surface area contributed by atoms with E-state index in [-0.39, 0.29) is 22.9 Å². The van der Waals surface area contributed by atoms with Crippen LogP contribution >= 0.6 is 22.9 Å². The highest BCUT2D eigenvalue weighted by Gasteiger charge is 2.17. The van der Waals surface area contributed by atoms with Crippen molar-refractivity contribution in [3.8, 4) is 0 Å². The van der Waals surface area contributed by atoms with Gasteiger partial charge >= 0.3 is 11.7 Å². The van der Waals surface area contributed by atoms with Gasteiger partial charge < -0.3 is 9.30 Å². The summed E-state index contributed by atoms with van der Waals surface area (Å²) in [6.07, 6.45) is 6.23. The first kappa shape index (κ1) is 21.1. The first-order valence-electron chi connectivity index (χ1n) is 9.55. The summed E-state index contributed by atoms with van der Waals surface area (Å²) in [5.41, 5.74) is 0.0628. The lowest BCUT2D eigenvalue weighted by Gasteiger charge is -2.04. The van der Waals surface area contributed by atoms with Gasteiger partial charge in [0.05, 0.1) is 5.69 Å². The van der Waals surface area contributed by atoms with Gasteiger partial charge in [0.2, 0.25) is 0 Å². The molecule has 4 aromatic heterocycles. The Balaban J connectivity index is 1.55. The lowest BCUT2D eigenvalue weighted by molar-refractivity contribution is -0.139. The third-order valence-corrected chi connectivity index (χ3v) is 5.85. The monoisotopic (exact) mass is 462 g/mol. The van der Waals surface area contributed by atoms with Crippen molar-refractivity contribution in [2.24, 2.45) is 7.05 Å². The molecule has 0 amide bonds. The maximum atomic E-state index is 12.3. The van der Waals surface area contributed by atoms with E-state index in [2.05, 4.69) is 15.0 Å². The molecule has 4 rings (SSSR count). The Kier molecular flexibility index (Phi) is 5.79. The van der Waals surface area contributed by atoms with E-state index in [9.17, 15) is 14.4 Å². The Morgan fingerprint density at radius 2 is 2.16 bits per heavy atom. The third kappa shape index (κ3) is 3.93. The van der Waals surface area contributed by atoms with E-state index in [1.165, 1.54) is 32.6 Å². The molecule has 1 N–H and O–H groups in total. The van der Waals surface area contributed by atoms with Gasteiger partial charge in [-0.3, -0.25) is 18.7 Å². The van der Waals surface area contributed by atoms with E-state index in [4.69, 9.17) is 16.3 Å². The second kappa shape index (κ2) is 8.52. The number of nitrogens with one attached hydrogen (secondary N) is 1. The summed E-state index contributed by atoms with van der Waals surface area (Å²) in [4.78, 5) is 48.3. The van der Waals surface area contributed by atoms with Crippen LogP contribution in [0.3, 0.4) is 0 Å². The lowest BCUT2D eigenvalue weighted by atomic mass is 10.3. The van der Waals surface area contributed by atoms with Gasteiger partial charge in [-0.25, -0.2) is 19.6 Å². The fraction of sp³-hybridized carbons (Fsp3) is 0.316. The minimum Gasteiger partial charge on any atom is -0.454 e. The number of aryl methyl sites for hydroxylation is 2. The molecule has 0 unspecified atom stereocenters. The van der Waals surface area contributed by atoms with Crippen LogP contribution in [0.1, 0.15) is 31.3 Å². The molecule has 0 aliphatic carbocycles. The second-order valence-corrected chi connectivity index (χ2v) is 8.04. The van der Waals surface area contributed by atoms with Crippen molar-refractivity contribution in [2.45, 2.75) is 32.9 Å². The third-order valence-electron chi connectivity index (χ3n) is 4.82. The molecule has 0 aliphatic rings. The van der Waals surface area contributed by atoms with Gasteiger partial charge in [-0.05, 0) is 12.5 Å². The van der Waals surface area contributed by atoms with Gasteiger partial charge in [-0.1, -0.05) is 24.9 Å². The molecule has 0 saturated heterocycles. The van der Waals surface area contributed by atoms with Crippen LogP contribution < -0.4 is 11.2 Å². The van der Waals surface area contributed by atoms with Gasteiger partial charge in [-0.2, -0.15) is 0 Å². The molecule has 0 atom stereocenters. The number of fused-ring (bicyclic) bond motifs is 2. The Morgan fingerprint density at radius 1 is 1.35 bits per heavy atom. The SMILES string of the molecule is CCCCn1c(=O)[nH]c(=O)c2c1nc(COC(=O)/C=C/c1c(Cl)nc3sccn13)n2C. The highest BCUT2D eigenvalue weighted by Crippen LogP contribution is 2.22. The Hall–Kier alpha value is -3.18. The molecular formula is C19H19ClN6O4S. The minimum absolute atomic E-state index is 0.163. The van der Waals surface area contributed by atoms with Gasteiger partial charge in [-0.15, -0.1) is 11.3 Å². The fourth-order valence-corrected chi connectivity index (χ4v) is 4.21. The van der Waals surface area contributed by atoms with Crippen molar-refractivity contribution >= 4 is 51.1 Å². The normalized spacial score (nSPS) is 11.8. The number of rotatable bonds is 7. The molecule has 4 heterocycles. The average Bonchev–Trinajstić information content (AvgIpc) is 3.38. The maximum Gasteiger partial charge on any atom is 0.331 e. The summed E-state index contributed by atoms with van der Waals surface area (Å²) < 4.78 is 10.0. The van der Waals surface area contributed by atoms with Gasteiger partial charge in [0.25, 0.3) is 5.56 Å². The van der Waals surface area contributed by atoms with Crippen molar-refractivity contribution in [3.63, 3.8) is 0 Å². The number of hydrogen-bond donors (Lipinski definition) is 1. The molecule has 31 heavy (non-hydrogen) atoms. The lowest BCUT2D eigenvalue weighted by Crippen LogP contribution is -2.31. The standard InChI is InChI=1S/C19H19ClN6O4S/c1-3-4-7-26-16-14(17(28)23-18(26)29)24(2)12(21-16)10-30-13(27)6-5-11-15(20)22-19-25(11)8-9-31-19/h5-6,8-9H,3-4,7,10H2,1-2H3,(H,23,28,29)/b6-5+. The topological polar surface area (TPSA) is 116 Å². The molecule has 0 radical (unpaired) electrons. The number of carbonyl (C=O) groups is 1. The van der Waals surface area contributed by atoms with E-state index in [1.54, 1.807) is 17.6 Å². The van der Waals surface area contributed by atoms with Crippen LogP contribution in [-0.2, 0) is 29.7 Å².